The summed E-state index contributed by atoms with van der Waals surface area (Å²) in [4.78, 5) is 10.1. The van der Waals surface area contributed by atoms with Crippen molar-refractivity contribution in [2.75, 3.05) is 24.5 Å². The van der Waals surface area contributed by atoms with Crippen LogP contribution >= 0.6 is 12.2 Å². The summed E-state index contributed by atoms with van der Waals surface area (Å²) in [6, 6.07) is -0.323. The standard InChI is InChI=1S/C18H21F3N4O3S2/c1-12-11-24(30(27,28)15-6-4-3-5-14(15)29)7-8-25(12)16-22-9-13(10-23-16)17(2,26)18(19,20)21/h3-4,6,9-10,12,26H,5,7-8,11H2,1-2H3/t12-,17-/m0/s1. The quantitative estimate of drug-likeness (QED) is 0.687. The highest BCUT2D eigenvalue weighted by Gasteiger charge is 2.51. The van der Waals surface area contributed by atoms with E-state index in [1.807, 2.05) is 0 Å². The van der Waals surface area contributed by atoms with Crippen LogP contribution in [0, 0.1) is 0 Å². The normalized spacial score (nSPS) is 23.3. The SMILES string of the molecule is C[C@H]1CN(S(=O)(=O)C2=CC=CCC2=S)CCN1c1ncc([C@](C)(O)C(F)(F)F)cn1. The maximum absolute atomic E-state index is 13.0. The zero-order valence-electron chi connectivity index (χ0n) is 16.3. The van der Waals surface area contributed by atoms with Crippen LogP contribution in [0.3, 0.4) is 0 Å². The summed E-state index contributed by atoms with van der Waals surface area (Å²) in [5.41, 5.74) is -3.54. The van der Waals surface area contributed by atoms with Gasteiger partial charge in [-0.15, -0.1) is 0 Å². The predicted molar refractivity (Wildman–Crippen MR) is 109 cm³/mol. The monoisotopic (exact) mass is 462 g/mol. The van der Waals surface area contributed by atoms with Crippen molar-refractivity contribution in [1.29, 1.82) is 0 Å². The third-order valence-electron chi connectivity index (χ3n) is 5.18. The zero-order chi connectivity index (χ0) is 22.3. The van der Waals surface area contributed by atoms with E-state index in [0.29, 0.717) is 18.2 Å². The summed E-state index contributed by atoms with van der Waals surface area (Å²) in [6.07, 6.45) is 2.35. The number of nitrogens with zero attached hydrogens (tertiary/aromatic N) is 4. The number of aromatic nitrogens is 2. The highest BCUT2D eigenvalue weighted by Crippen LogP contribution is 2.38. The smallest absolute Gasteiger partial charge is 0.376 e. The zero-order valence-corrected chi connectivity index (χ0v) is 17.9. The molecule has 0 unspecified atom stereocenters. The van der Waals surface area contributed by atoms with Crippen molar-refractivity contribution < 1.29 is 26.7 Å². The predicted octanol–water partition coefficient (Wildman–Crippen LogP) is 2.30. The van der Waals surface area contributed by atoms with Crippen LogP contribution in [0.5, 0.6) is 0 Å². The molecule has 1 aromatic heterocycles. The van der Waals surface area contributed by atoms with Crippen LogP contribution in [-0.2, 0) is 15.6 Å². The van der Waals surface area contributed by atoms with Crippen molar-refractivity contribution in [3.05, 3.63) is 41.1 Å². The van der Waals surface area contributed by atoms with E-state index in [1.165, 1.54) is 10.4 Å². The fraction of sp³-hybridized carbons (Fsp3) is 0.500. The van der Waals surface area contributed by atoms with Gasteiger partial charge in [-0.1, -0.05) is 24.4 Å². The van der Waals surface area contributed by atoms with Gasteiger partial charge >= 0.3 is 6.18 Å². The minimum absolute atomic E-state index is 0.121. The van der Waals surface area contributed by atoms with Crippen LogP contribution in [0.2, 0.25) is 0 Å². The largest absolute Gasteiger partial charge is 0.421 e. The second kappa shape index (κ2) is 7.98. The van der Waals surface area contributed by atoms with Gasteiger partial charge in [0.05, 0.1) is 4.91 Å². The van der Waals surface area contributed by atoms with Gasteiger partial charge in [-0.3, -0.25) is 0 Å². The number of thiocarbonyl (C=S) groups is 1. The fourth-order valence-electron chi connectivity index (χ4n) is 3.22. The lowest BCUT2D eigenvalue weighted by Gasteiger charge is -2.39. The van der Waals surface area contributed by atoms with Crippen LogP contribution in [-0.4, -0.2) is 64.5 Å². The summed E-state index contributed by atoms with van der Waals surface area (Å²) in [6.45, 7) is 2.97. The molecule has 0 saturated carbocycles. The molecule has 164 valence electrons. The van der Waals surface area contributed by atoms with Crippen LogP contribution < -0.4 is 4.90 Å². The number of hydrogen-bond donors (Lipinski definition) is 1. The summed E-state index contributed by atoms with van der Waals surface area (Å²) in [7, 11) is -3.74. The van der Waals surface area contributed by atoms with Gasteiger partial charge in [0.2, 0.25) is 16.0 Å². The number of allylic oxidation sites excluding steroid dienone is 4. The van der Waals surface area contributed by atoms with Gasteiger partial charge in [0.25, 0.3) is 0 Å². The Bertz CT molecular complexity index is 989. The Kier molecular flexibility index (Phi) is 6.07. The Balaban J connectivity index is 1.75. The Morgan fingerprint density at radius 3 is 2.40 bits per heavy atom. The summed E-state index contributed by atoms with van der Waals surface area (Å²) >= 11 is 5.19. The van der Waals surface area contributed by atoms with Crippen molar-refractivity contribution in [2.24, 2.45) is 0 Å². The number of anilines is 1. The van der Waals surface area contributed by atoms with E-state index in [0.717, 1.165) is 12.4 Å². The molecule has 1 saturated heterocycles. The van der Waals surface area contributed by atoms with Gasteiger partial charge in [0.1, 0.15) is 0 Å². The molecular weight excluding hydrogens is 441 g/mol. The minimum atomic E-state index is -4.87. The van der Waals surface area contributed by atoms with Crippen LogP contribution in [0.25, 0.3) is 0 Å². The molecule has 2 atom stereocenters. The Labute approximate surface area is 178 Å². The molecule has 0 spiro atoms. The Hall–Kier alpha value is -1.89. The number of aliphatic hydroxyl groups is 1. The topological polar surface area (TPSA) is 86.6 Å². The molecule has 1 N–H and O–H groups in total. The van der Waals surface area contributed by atoms with Crippen molar-refractivity contribution in [3.8, 4) is 0 Å². The average Bonchev–Trinajstić information content (AvgIpc) is 2.67. The minimum Gasteiger partial charge on any atom is -0.376 e. The van der Waals surface area contributed by atoms with Gasteiger partial charge < -0.3 is 10.0 Å². The second-order valence-electron chi connectivity index (χ2n) is 7.33. The summed E-state index contributed by atoms with van der Waals surface area (Å²) in [5.74, 6) is 0.164. The fourth-order valence-corrected chi connectivity index (χ4v) is 5.33. The first kappa shape index (κ1) is 22.8. The van der Waals surface area contributed by atoms with Gasteiger partial charge in [0.15, 0.2) is 5.60 Å². The van der Waals surface area contributed by atoms with Gasteiger partial charge in [-0.25, -0.2) is 18.4 Å². The molecular formula is C18H21F3N4O3S2. The number of piperazine rings is 1. The third kappa shape index (κ3) is 4.13. The lowest BCUT2D eigenvalue weighted by atomic mass is 9.99. The van der Waals surface area contributed by atoms with Crippen molar-refractivity contribution in [1.82, 2.24) is 14.3 Å². The maximum Gasteiger partial charge on any atom is 0.421 e. The highest BCUT2D eigenvalue weighted by atomic mass is 32.2. The van der Waals surface area contributed by atoms with Crippen LogP contribution in [0.4, 0.5) is 19.1 Å². The van der Waals surface area contributed by atoms with E-state index < -0.39 is 27.4 Å². The van der Waals surface area contributed by atoms with Crippen molar-refractivity contribution in [2.45, 2.75) is 38.1 Å². The first-order valence-electron chi connectivity index (χ1n) is 9.14. The van der Waals surface area contributed by atoms with Crippen molar-refractivity contribution in [3.63, 3.8) is 0 Å². The lowest BCUT2D eigenvalue weighted by Crippen LogP contribution is -2.54. The van der Waals surface area contributed by atoms with Crippen LogP contribution in [0.15, 0.2) is 35.5 Å². The Morgan fingerprint density at radius 2 is 1.87 bits per heavy atom. The first-order valence-corrected chi connectivity index (χ1v) is 11.0. The van der Waals surface area contributed by atoms with Gasteiger partial charge in [-0.2, -0.15) is 17.5 Å². The molecule has 30 heavy (non-hydrogen) atoms. The second-order valence-corrected chi connectivity index (χ2v) is 9.73. The number of rotatable bonds is 4. The van der Waals surface area contributed by atoms with E-state index in [2.05, 4.69) is 9.97 Å². The first-order chi connectivity index (χ1) is 13.9. The number of hydrogen-bond acceptors (Lipinski definition) is 7. The molecule has 2 heterocycles. The molecule has 12 heteroatoms. The van der Waals surface area contributed by atoms with Crippen molar-refractivity contribution >= 4 is 33.1 Å². The van der Waals surface area contributed by atoms with E-state index in [-0.39, 0.29) is 36.5 Å². The molecule has 3 rings (SSSR count). The lowest BCUT2D eigenvalue weighted by molar-refractivity contribution is -0.259. The molecule has 7 nitrogen and oxygen atoms in total. The molecule has 0 aromatic carbocycles. The molecule has 0 radical (unpaired) electrons. The average molecular weight is 463 g/mol. The van der Waals surface area contributed by atoms with Gasteiger partial charge in [-0.05, 0) is 19.9 Å². The van der Waals surface area contributed by atoms with Crippen LogP contribution in [0.1, 0.15) is 25.8 Å². The van der Waals surface area contributed by atoms with E-state index in [4.69, 9.17) is 12.2 Å². The summed E-state index contributed by atoms with van der Waals surface area (Å²) < 4.78 is 66.2. The molecule has 1 aromatic rings. The molecule has 0 bridgehead atoms. The number of halogens is 3. The van der Waals surface area contributed by atoms with Gasteiger partial charge in [0, 0.05) is 54.9 Å². The molecule has 1 fully saturated rings. The Morgan fingerprint density at radius 1 is 1.23 bits per heavy atom. The van der Waals surface area contributed by atoms with E-state index in [1.54, 1.807) is 24.0 Å². The molecule has 0 amide bonds. The number of sulfonamides is 1. The highest BCUT2D eigenvalue weighted by molar-refractivity contribution is 7.96. The maximum atomic E-state index is 13.0. The molecule has 1 aliphatic carbocycles. The third-order valence-corrected chi connectivity index (χ3v) is 7.64. The van der Waals surface area contributed by atoms with E-state index >= 15 is 0 Å². The summed E-state index contributed by atoms with van der Waals surface area (Å²) in [5, 5.41) is 9.73. The number of alkyl halides is 3. The van der Waals surface area contributed by atoms with E-state index in [9.17, 15) is 26.7 Å². The molecule has 2 aliphatic rings. The molecule has 1 aliphatic heterocycles.